The third-order valence-corrected chi connectivity index (χ3v) is 6.35. The van der Waals surface area contributed by atoms with Crippen LogP contribution in [0.25, 0.3) is 0 Å². The second-order valence-electron chi connectivity index (χ2n) is 8.56. The molecular formula is C23H32N4O3. The highest BCUT2D eigenvalue weighted by Gasteiger charge is 2.35. The summed E-state index contributed by atoms with van der Waals surface area (Å²) in [6.07, 6.45) is 3.93. The maximum Gasteiger partial charge on any atom is 0.256 e. The molecule has 4 rings (SSSR count). The van der Waals surface area contributed by atoms with E-state index in [0.29, 0.717) is 50.5 Å². The molecule has 1 aromatic carbocycles. The quantitative estimate of drug-likeness (QED) is 0.747. The first-order valence-electron chi connectivity index (χ1n) is 11.3. The number of nitrogens with zero attached hydrogens (tertiary/aromatic N) is 3. The number of rotatable bonds is 7. The van der Waals surface area contributed by atoms with Crippen molar-refractivity contribution in [2.45, 2.75) is 39.5 Å². The molecule has 0 aromatic heterocycles. The highest BCUT2D eigenvalue weighted by molar-refractivity contribution is 6.02. The van der Waals surface area contributed by atoms with E-state index in [1.807, 2.05) is 36.9 Å². The number of carbonyl (C=O) groups excluding carboxylic acids is 3. The van der Waals surface area contributed by atoms with E-state index in [1.54, 1.807) is 4.90 Å². The Morgan fingerprint density at radius 3 is 2.17 bits per heavy atom. The molecule has 2 aliphatic carbocycles. The Labute approximate surface area is 178 Å². The van der Waals surface area contributed by atoms with Crippen molar-refractivity contribution in [3.8, 4) is 0 Å². The van der Waals surface area contributed by atoms with Crippen molar-refractivity contribution in [1.82, 2.24) is 9.80 Å². The van der Waals surface area contributed by atoms with Gasteiger partial charge in [-0.25, -0.2) is 0 Å². The molecule has 162 valence electrons. The van der Waals surface area contributed by atoms with Gasteiger partial charge >= 0.3 is 0 Å². The van der Waals surface area contributed by atoms with Crippen molar-refractivity contribution < 1.29 is 14.4 Å². The zero-order valence-corrected chi connectivity index (χ0v) is 18.0. The third-order valence-electron chi connectivity index (χ3n) is 6.35. The van der Waals surface area contributed by atoms with Crippen LogP contribution in [0.15, 0.2) is 18.2 Å². The number of amides is 3. The van der Waals surface area contributed by atoms with Crippen LogP contribution >= 0.6 is 0 Å². The van der Waals surface area contributed by atoms with Gasteiger partial charge in [-0.3, -0.25) is 14.4 Å². The molecule has 0 spiro atoms. The number of anilines is 2. The first-order chi connectivity index (χ1) is 14.5. The Kier molecular flexibility index (Phi) is 5.97. The minimum Gasteiger partial charge on any atom is -0.367 e. The van der Waals surface area contributed by atoms with Crippen molar-refractivity contribution in [2.75, 3.05) is 49.5 Å². The Bertz CT molecular complexity index is 820. The van der Waals surface area contributed by atoms with Crippen LogP contribution < -0.4 is 10.2 Å². The zero-order valence-electron chi connectivity index (χ0n) is 18.0. The fourth-order valence-corrected chi connectivity index (χ4v) is 4.09. The molecule has 0 unspecified atom stereocenters. The molecule has 0 atom stereocenters. The maximum absolute atomic E-state index is 13.2. The summed E-state index contributed by atoms with van der Waals surface area (Å²) in [5, 5.41) is 2.96. The van der Waals surface area contributed by atoms with E-state index in [-0.39, 0.29) is 29.6 Å². The molecule has 0 bridgehead atoms. The van der Waals surface area contributed by atoms with Crippen LogP contribution in [-0.2, 0) is 9.59 Å². The Morgan fingerprint density at radius 2 is 1.60 bits per heavy atom. The molecule has 3 fully saturated rings. The van der Waals surface area contributed by atoms with Crippen LogP contribution in [0.1, 0.15) is 49.9 Å². The summed E-state index contributed by atoms with van der Waals surface area (Å²) in [4.78, 5) is 43.8. The Morgan fingerprint density at radius 1 is 0.967 bits per heavy atom. The third kappa shape index (κ3) is 4.45. The average Bonchev–Trinajstić information content (AvgIpc) is 3.66. The predicted molar refractivity (Wildman–Crippen MR) is 117 cm³/mol. The number of nitrogens with one attached hydrogen (secondary N) is 1. The lowest BCUT2D eigenvalue weighted by Crippen LogP contribution is -2.49. The summed E-state index contributed by atoms with van der Waals surface area (Å²) in [6.45, 7) is 8.02. The predicted octanol–water partition coefficient (Wildman–Crippen LogP) is 2.58. The van der Waals surface area contributed by atoms with Gasteiger partial charge in [-0.2, -0.15) is 0 Å². The van der Waals surface area contributed by atoms with Crippen molar-refractivity contribution in [3.05, 3.63) is 23.8 Å². The maximum atomic E-state index is 13.2. The second-order valence-corrected chi connectivity index (χ2v) is 8.56. The van der Waals surface area contributed by atoms with Gasteiger partial charge < -0.3 is 20.0 Å². The smallest absolute Gasteiger partial charge is 0.256 e. The lowest BCUT2D eigenvalue weighted by Gasteiger charge is -2.37. The average molecular weight is 413 g/mol. The summed E-state index contributed by atoms with van der Waals surface area (Å²) in [6, 6.07) is 5.64. The largest absolute Gasteiger partial charge is 0.367 e. The first kappa shape index (κ1) is 20.7. The van der Waals surface area contributed by atoms with Gasteiger partial charge in [0.25, 0.3) is 5.91 Å². The molecule has 1 saturated heterocycles. The molecule has 7 nitrogen and oxygen atoms in total. The summed E-state index contributed by atoms with van der Waals surface area (Å²) in [5.41, 5.74) is 2.18. The van der Waals surface area contributed by atoms with E-state index in [4.69, 9.17) is 0 Å². The minimum atomic E-state index is -0.0194. The summed E-state index contributed by atoms with van der Waals surface area (Å²) in [7, 11) is 0. The number of benzene rings is 1. The topological polar surface area (TPSA) is 73.0 Å². The molecular weight excluding hydrogens is 380 g/mol. The number of hydrogen-bond acceptors (Lipinski definition) is 4. The van der Waals surface area contributed by atoms with Gasteiger partial charge in [0.1, 0.15) is 0 Å². The fraction of sp³-hybridized carbons (Fsp3) is 0.609. The summed E-state index contributed by atoms with van der Waals surface area (Å²) >= 11 is 0. The van der Waals surface area contributed by atoms with Gasteiger partial charge in [0, 0.05) is 62.5 Å². The van der Waals surface area contributed by atoms with Crippen LogP contribution in [0.2, 0.25) is 0 Å². The van der Waals surface area contributed by atoms with Crippen LogP contribution in [0.4, 0.5) is 11.4 Å². The SMILES string of the molecule is CCN(CC)C(=O)c1cc(NC(=O)C2CC2)ccc1N1CCN(C(=O)C2CC2)CC1. The van der Waals surface area contributed by atoms with Crippen molar-refractivity contribution in [1.29, 1.82) is 0 Å². The fourth-order valence-electron chi connectivity index (χ4n) is 4.09. The number of piperazine rings is 1. The molecule has 1 aliphatic heterocycles. The van der Waals surface area contributed by atoms with Gasteiger partial charge in [-0.1, -0.05) is 0 Å². The second kappa shape index (κ2) is 8.66. The van der Waals surface area contributed by atoms with Gasteiger partial charge in [0.2, 0.25) is 11.8 Å². The molecule has 0 radical (unpaired) electrons. The summed E-state index contributed by atoms with van der Waals surface area (Å²) < 4.78 is 0. The monoisotopic (exact) mass is 412 g/mol. The highest BCUT2D eigenvalue weighted by atomic mass is 16.2. The molecule has 1 N–H and O–H groups in total. The summed E-state index contributed by atoms with van der Waals surface area (Å²) in [5.74, 6) is 0.659. The molecule has 3 amide bonds. The first-order valence-corrected chi connectivity index (χ1v) is 11.3. The van der Waals surface area contributed by atoms with Crippen LogP contribution in [0.5, 0.6) is 0 Å². The minimum absolute atomic E-state index is 0.0194. The molecule has 1 heterocycles. The van der Waals surface area contributed by atoms with Gasteiger partial charge in [0.05, 0.1) is 5.56 Å². The molecule has 1 aromatic rings. The lowest BCUT2D eigenvalue weighted by atomic mass is 10.1. The van der Waals surface area contributed by atoms with E-state index in [0.717, 1.165) is 31.4 Å². The van der Waals surface area contributed by atoms with Crippen LogP contribution in [0, 0.1) is 11.8 Å². The number of carbonyl (C=O) groups is 3. The van der Waals surface area contributed by atoms with E-state index in [9.17, 15) is 14.4 Å². The van der Waals surface area contributed by atoms with Crippen molar-refractivity contribution in [3.63, 3.8) is 0 Å². The Hall–Kier alpha value is -2.57. The van der Waals surface area contributed by atoms with Gasteiger partial charge in [-0.05, 0) is 57.7 Å². The van der Waals surface area contributed by atoms with Gasteiger partial charge in [-0.15, -0.1) is 0 Å². The molecule has 30 heavy (non-hydrogen) atoms. The van der Waals surface area contributed by atoms with Crippen LogP contribution in [0.3, 0.4) is 0 Å². The van der Waals surface area contributed by atoms with E-state index in [1.165, 1.54) is 0 Å². The zero-order chi connectivity index (χ0) is 21.3. The van der Waals surface area contributed by atoms with Crippen molar-refractivity contribution >= 4 is 29.1 Å². The highest BCUT2D eigenvalue weighted by Crippen LogP contribution is 2.33. The Balaban J connectivity index is 1.53. The number of hydrogen-bond donors (Lipinski definition) is 1. The molecule has 3 aliphatic rings. The van der Waals surface area contributed by atoms with Crippen LogP contribution in [-0.4, -0.2) is 66.8 Å². The standard InChI is InChI=1S/C23H32N4O3/c1-3-25(4-2)23(30)19-15-18(24-21(28)16-5-6-16)9-10-20(19)26-11-13-27(14-12-26)22(29)17-7-8-17/h9-10,15-17H,3-8,11-14H2,1-2H3,(H,24,28). The van der Waals surface area contributed by atoms with Crippen molar-refractivity contribution in [2.24, 2.45) is 11.8 Å². The van der Waals surface area contributed by atoms with E-state index < -0.39 is 0 Å². The van der Waals surface area contributed by atoms with E-state index in [2.05, 4.69) is 10.2 Å². The normalized spacial score (nSPS) is 18.9. The lowest BCUT2D eigenvalue weighted by molar-refractivity contribution is -0.132. The molecule has 7 heteroatoms. The van der Waals surface area contributed by atoms with E-state index >= 15 is 0 Å². The molecule has 2 saturated carbocycles. The van der Waals surface area contributed by atoms with Gasteiger partial charge in [0.15, 0.2) is 0 Å².